The third-order valence-corrected chi connectivity index (χ3v) is 9.14. The van der Waals surface area contributed by atoms with Crippen molar-refractivity contribution in [3.05, 3.63) is 76.9 Å². The summed E-state index contributed by atoms with van der Waals surface area (Å²) in [6.45, 7) is 6.05. The third kappa shape index (κ3) is 7.02. The smallest absolute Gasteiger partial charge is 0.304 e. The molecule has 0 bridgehead atoms. The lowest BCUT2D eigenvalue weighted by Crippen LogP contribution is -2.41. The van der Waals surface area contributed by atoms with E-state index in [4.69, 9.17) is 19.3 Å². The van der Waals surface area contributed by atoms with Gasteiger partial charge in [-0.1, -0.05) is 30.3 Å². The molecule has 3 aromatic rings. The van der Waals surface area contributed by atoms with Crippen molar-refractivity contribution in [1.82, 2.24) is 4.31 Å². The highest BCUT2D eigenvalue weighted by atomic mass is 32.2. The van der Waals surface area contributed by atoms with E-state index in [-0.39, 0.29) is 18.4 Å². The number of fused-ring (bicyclic) bond motifs is 1. The largest absolute Gasteiger partial charge is 0.493 e. The van der Waals surface area contributed by atoms with Crippen LogP contribution in [-0.4, -0.2) is 62.5 Å². The first-order valence-electron chi connectivity index (χ1n) is 14.0. The molecule has 0 spiro atoms. The number of carboxylic acid groups (broad SMARTS) is 1. The second-order valence-corrected chi connectivity index (χ2v) is 13.0. The standard InChI is InChI=1S/C32H37NO7S/c1-21-15-28(40-26-9-12-33(13-10-26)41(3,36)37)16-22(2)32(21)24-6-4-5-23(17-24)11-14-38-27-7-8-29-25(18-31(34)35)20-39-30(29)19-27/h4-8,15-17,19,25-26H,9-14,18,20H2,1-3H3,(H,34,35)/t25-/m1/s1. The molecule has 0 aliphatic carbocycles. The van der Waals surface area contributed by atoms with E-state index in [1.54, 1.807) is 0 Å². The van der Waals surface area contributed by atoms with Gasteiger partial charge in [-0.2, -0.15) is 0 Å². The normalized spacial score (nSPS) is 17.6. The Kier molecular flexibility index (Phi) is 8.56. The Hall–Kier alpha value is -3.56. The van der Waals surface area contributed by atoms with Crippen molar-refractivity contribution in [3.8, 4) is 28.4 Å². The number of nitrogens with zero attached hydrogens (tertiary/aromatic N) is 1. The Balaban J connectivity index is 1.19. The monoisotopic (exact) mass is 579 g/mol. The number of rotatable bonds is 10. The van der Waals surface area contributed by atoms with Gasteiger partial charge in [-0.25, -0.2) is 12.7 Å². The van der Waals surface area contributed by atoms with Gasteiger partial charge >= 0.3 is 5.97 Å². The molecule has 9 heteroatoms. The first-order chi connectivity index (χ1) is 19.6. The molecular weight excluding hydrogens is 542 g/mol. The molecule has 8 nitrogen and oxygen atoms in total. The number of aryl methyl sites for hydroxylation is 2. The molecule has 2 aliphatic heterocycles. The fourth-order valence-corrected chi connectivity index (χ4v) is 6.69. The van der Waals surface area contributed by atoms with Crippen molar-refractivity contribution < 1.29 is 32.5 Å². The van der Waals surface area contributed by atoms with Crippen LogP contribution in [0.3, 0.4) is 0 Å². The number of carboxylic acids is 1. The molecular formula is C32H37NO7S. The molecule has 3 aromatic carbocycles. The van der Waals surface area contributed by atoms with Gasteiger partial charge in [0.05, 0.1) is 25.9 Å². The number of aliphatic carboxylic acids is 1. The third-order valence-electron chi connectivity index (χ3n) is 7.84. The molecule has 0 saturated carbocycles. The van der Waals surface area contributed by atoms with E-state index in [1.807, 2.05) is 18.2 Å². The summed E-state index contributed by atoms with van der Waals surface area (Å²) in [7, 11) is -3.15. The maximum absolute atomic E-state index is 11.8. The summed E-state index contributed by atoms with van der Waals surface area (Å²) >= 11 is 0. The van der Waals surface area contributed by atoms with Crippen molar-refractivity contribution in [1.29, 1.82) is 0 Å². The first-order valence-corrected chi connectivity index (χ1v) is 15.9. The van der Waals surface area contributed by atoms with Gasteiger partial charge < -0.3 is 19.3 Å². The highest BCUT2D eigenvalue weighted by Crippen LogP contribution is 2.38. The van der Waals surface area contributed by atoms with Gasteiger partial charge in [0.2, 0.25) is 10.0 Å². The van der Waals surface area contributed by atoms with Crippen molar-refractivity contribution in [3.63, 3.8) is 0 Å². The van der Waals surface area contributed by atoms with E-state index in [9.17, 15) is 13.2 Å². The van der Waals surface area contributed by atoms with Crippen LogP contribution in [0.1, 0.15) is 47.4 Å². The lowest BCUT2D eigenvalue weighted by Gasteiger charge is -2.30. The van der Waals surface area contributed by atoms with Crippen LogP contribution in [0.4, 0.5) is 0 Å². The molecule has 0 amide bonds. The van der Waals surface area contributed by atoms with E-state index in [2.05, 4.69) is 50.2 Å². The number of hydrogen-bond donors (Lipinski definition) is 1. The number of benzene rings is 3. The lowest BCUT2D eigenvalue weighted by molar-refractivity contribution is -0.137. The summed E-state index contributed by atoms with van der Waals surface area (Å²) in [5.41, 5.74) is 6.66. The minimum Gasteiger partial charge on any atom is -0.493 e. The maximum Gasteiger partial charge on any atom is 0.304 e. The summed E-state index contributed by atoms with van der Waals surface area (Å²) < 4.78 is 43.1. The van der Waals surface area contributed by atoms with Gasteiger partial charge in [-0.05, 0) is 72.7 Å². The predicted octanol–water partition coefficient (Wildman–Crippen LogP) is 5.35. The molecule has 1 fully saturated rings. The molecule has 41 heavy (non-hydrogen) atoms. The SMILES string of the molecule is Cc1cc(OC2CCN(S(C)(=O)=O)CC2)cc(C)c1-c1cccc(CCOc2ccc3c(c2)OC[C@H]3CC(=O)O)c1. The average molecular weight is 580 g/mol. The second-order valence-electron chi connectivity index (χ2n) is 11.0. The number of piperidine rings is 1. The second kappa shape index (κ2) is 12.1. The molecule has 0 radical (unpaired) electrons. The van der Waals surface area contributed by atoms with Gasteiger partial charge in [0.15, 0.2) is 0 Å². The van der Waals surface area contributed by atoms with Crippen LogP contribution in [0.15, 0.2) is 54.6 Å². The van der Waals surface area contributed by atoms with Crippen molar-refractivity contribution in [2.75, 3.05) is 32.6 Å². The van der Waals surface area contributed by atoms with Crippen LogP contribution in [0.25, 0.3) is 11.1 Å². The van der Waals surface area contributed by atoms with Gasteiger partial charge in [-0.15, -0.1) is 0 Å². The Bertz CT molecular complexity index is 1500. The summed E-state index contributed by atoms with van der Waals surface area (Å²) in [6.07, 6.45) is 3.42. The van der Waals surface area contributed by atoms with Gasteiger partial charge in [0.1, 0.15) is 23.4 Å². The van der Waals surface area contributed by atoms with Crippen LogP contribution < -0.4 is 14.2 Å². The van der Waals surface area contributed by atoms with E-state index >= 15 is 0 Å². The Morgan fingerprint density at radius 2 is 1.76 bits per heavy atom. The Labute approximate surface area is 241 Å². The Morgan fingerprint density at radius 3 is 2.44 bits per heavy atom. The molecule has 0 aromatic heterocycles. The average Bonchev–Trinajstić information content (AvgIpc) is 3.29. The molecule has 1 N–H and O–H groups in total. The van der Waals surface area contributed by atoms with Gasteiger partial charge in [0, 0.05) is 37.1 Å². The van der Waals surface area contributed by atoms with E-state index in [0.29, 0.717) is 50.6 Å². The molecule has 2 heterocycles. The van der Waals surface area contributed by atoms with Crippen molar-refractivity contribution in [2.45, 2.75) is 51.6 Å². The molecule has 2 aliphatic rings. The summed E-state index contributed by atoms with van der Waals surface area (Å²) in [6, 6.07) is 18.2. The minimum atomic E-state index is -3.15. The Morgan fingerprint density at radius 1 is 1.02 bits per heavy atom. The van der Waals surface area contributed by atoms with E-state index < -0.39 is 16.0 Å². The zero-order chi connectivity index (χ0) is 29.1. The van der Waals surface area contributed by atoms with Crippen molar-refractivity contribution >= 4 is 16.0 Å². The molecule has 218 valence electrons. The van der Waals surface area contributed by atoms with E-state index in [1.165, 1.54) is 16.1 Å². The summed E-state index contributed by atoms with van der Waals surface area (Å²) in [4.78, 5) is 11.1. The molecule has 5 rings (SSSR count). The topological polar surface area (TPSA) is 102 Å². The number of hydrogen-bond acceptors (Lipinski definition) is 6. The zero-order valence-electron chi connectivity index (χ0n) is 23.8. The fourth-order valence-electron chi connectivity index (χ4n) is 5.82. The van der Waals surface area contributed by atoms with Crippen molar-refractivity contribution in [2.24, 2.45) is 0 Å². The van der Waals surface area contributed by atoms with Crippen LogP contribution >= 0.6 is 0 Å². The molecule has 1 saturated heterocycles. The molecule has 0 unspecified atom stereocenters. The van der Waals surface area contributed by atoms with Crippen LogP contribution in [0, 0.1) is 13.8 Å². The summed E-state index contributed by atoms with van der Waals surface area (Å²) in [5, 5.41) is 9.10. The summed E-state index contributed by atoms with van der Waals surface area (Å²) in [5.74, 6) is 1.28. The number of ether oxygens (including phenoxy) is 3. The first kappa shape index (κ1) is 29.0. The quantitative estimate of drug-likeness (QED) is 0.346. The van der Waals surface area contributed by atoms with Crippen LogP contribution in [-0.2, 0) is 21.2 Å². The van der Waals surface area contributed by atoms with Gasteiger partial charge in [0.25, 0.3) is 0 Å². The maximum atomic E-state index is 11.8. The highest BCUT2D eigenvalue weighted by molar-refractivity contribution is 7.88. The lowest BCUT2D eigenvalue weighted by atomic mass is 9.94. The van der Waals surface area contributed by atoms with E-state index in [0.717, 1.165) is 40.0 Å². The van der Waals surface area contributed by atoms with Gasteiger partial charge in [-0.3, -0.25) is 4.79 Å². The molecule has 1 atom stereocenters. The minimum absolute atomic E-state index is 0.00406. The van der Waals surface area contributed by atoms with Crippen LogP contribution in [0.5, 0.6) is 17.2 Å². The number of sulfonamides is 1. The van der Waals surface area contributed by atoms with Crippen LogP contribution in [0.2, 0.25) is 0 Å². The fraction of sp³-hybridized carbons (Fsp3) is 0.406. The predicted molar refractivity (Wildman–Crippen MR) is 158 cm³/mol. The number of carbonyl (C=O) groups is 1. The highest BCUT2D eigenvalue weighted by Gasteiger charge is 2.27. The zero-order valence-corrected chi connectivity index (χ0v) is 24.6.